The number of aromatic nitrogens is 2. The molecule has 0 spiro atoms. The van der Waals surface area contributed by atoms with Crippen LogP contribution >= 0.6 is 11.6 Å². The monoisotopic (exact) mass is 378 g/mol. The summed E-state index contributed by atoms with van der Waals surface area (Å²) in [7, 11) is 0. The van der Waals surface area contributed by atoms with Crippen molar-refractivity contribution < 1.29 is 9.53 Å². The number of halogens is 1. The van der Waals surface area contributed by atoms with E-state index >= 15 is 0 Å². The van der Waals surface area contributed by atoms with E-state index in [1.165, 1.54) is 0 Å². The molecule has 2 N–H and O–H groups in total. The first-order valence-electron chi connectivity index (χ1n) is 9.15. The third-order valence-corrected chi connectivity index (χ3v) is 4.67. The summed E-state index contributed by atoms with van der Waals surface area (Å²) >= 11 is 6.00. The summed E-state index contributed by atoms with van der Waals surface area (Å²) in [5, 5.41) is 4.27. The molecule has 1 fully saturated rings. The molecule has 0 radical (unpaired) electrons. The van der Waals surface area contributed by atoms with Crippen LogP contribution in [-0.4, -0.2) is 52.2 Å². The van der Waals surface area contributed by atoms with E-state index in [0.717, 1.165) is 55.8 Å². The fourth-order valence-corrected chi connectivity index (χ4v) is 3.30. The largest absolute Gasteiger partial charge is 0.444 e. The first kappa shape index (κ1) is 19.0. The second kappa shape index (κ2) is 7.84. The molecule has 1 aliphatic heterocycles. The Morgan fingerprint density at radius 3 is 2.81 bits per heavy atom. The van der Waals surface area contributed by atoms with Gasteiger partial charge >= 0.3 is 6.09 Å². The van der Waals surface area contributed by atoms with Gasteiger partial charge in [-0.1, -0.05) is 11.6 Å². The molecule has 0 unspecified atom stereocenters. The van der Waals surface area contributed by atoms with Gasteiger partial charge in [0, 0.05) is 37.1 Å². The molecule has 142 valence electrons. The molecule has 0 aliphatic carbocycles. The van der Waals surface area contributed by atoms with Gasteiger partial charge < -0.3 is 19.9 Å². The molecule has 0 saturated carbocycles. The molecule has 0 bridgehead atoms. The van der Waals surface area contributed by atoms with Gasteiger partial charge in [0.25, 0.3) is 0 Å². The number of rotatable bonds is 4. The number of hydrogen-bond donors (Lipinski definition) is 2. The highest BCUT2D eigenvalue weighted by Crippen LogP contribution is 2.18. The van der Waals surface area contributed by atoms with Gasteiger partial charge in [-0.3, -0.25) is 0 Å². The number of piperidine rings is 1. The quantitative estimate of drug-likeness (QED) is 0.850. The van der Waals surface area contributed by atoms with E-state index in [-0.39, 0.29) is 6.09 Å². The van der Waals surface area contributed by atoms with Gasteiger partial charge in [0.05, 0.1) is 11.0 Å². The standard InChI is InChI=1S/C19H27ClN4O2/c1-19(2,3)26-18(25)24-10-7-14(8-11-24)21-9-6-17-22-15-5-4-13(20)12-16(15)23-17/h4-5,12,14,21H,6-11H2,1-3H3,(H,22,23). The zero-order valence-corrected chi connectivity index (χ0v) is 16.4. The smallest absolute Gasteiger partial charge is 0.410 e. The van der Waals surface area contributed by atoms with Crippen LogP contribution < -0.4 is 5.32 Å². The van der Waals surface area contributed by atoms with Gasteiger partial charge in [-0.2, -0.15) is 0 Å². The number of amides is 1. The Kier molecular flexibility index (Phi) is 5.73. The molecule has 0 atom stereocenters. The minimum absolute atomic E-state index is 0.211. The number of fused-ring (bicyclic) bond motifs is 1. The number of imidazole rings is 1. The van der Waals surface area contributed by atoms with Crippen LogP contribution in [0.25, 0.3) is 11.0 Å². The molecule has 26 heavy (non-hydrogen) atoms. The molecule has 2 aromatic rings. The second-order valence-electron chi connectivity index (χ2n) is 7.79. The summed E-state index contributed by atoms with van der Waals surface area (Å²) in [6.07, 6.45) is 2.50. The van der Waals surface area contributed by atoms with Gasteiger partial charge in [0.1, 0.15) is 11.4 Å². The highest BCUT2D eigenvalue weighted by atomic mass is 35.5. The number of nitrogens with zero attached hydrogens (tertiary/aromatic N) is 2. The first-order valence-corrected chi connectivity index (χ1v) is 9.53. The zero-order valence-electron chi connectivity index (χ0n) is 15.6. The number of benzene rings is 1. The number of aromatic amines is 1. The minimum atomic E-state index is -0.441. The van der Waals surface area contributed by atoms with Crippen LogP contribution in [0.1, 0.15) is 39.4 Å². The van der Waals surface area contributed by atoms with Gasteiger partial charge in [-0.15, -0.1) is 0 Å². The van der Waals surface area contributed by atoms with Crippen LogP contribution in [0.4, 0.5) is 4.79 Å². The molecular formula is C19H27ClN4O2. The fourth-order valence-electron chi connectivity index (χ4n) is 3.14. The Labute approximate surface area is 159 Å². The van der Waals surface area contributed by atoms with Crippen LogP contribution in [0.5, 0.6) is 0 Å². The van der Waals surface area contributed by atoms with Crippen molar-refractivity contribution in [2.24, 2.45) is 0 Å². The number of carbonyl (C=O) groups is 1. The third-order valence-electron chi connectivity index (χ3n) is 4.44. The molecule has 6 nitrogen and oxygen atoms in total. The van der Waals surface area contributed by atoms with Crippen molar-refractivity contribution in [1.29, 1.82) is 0 Å². The number of carbonyl (C=O) groups excluding carboxylic acids is 1. The van der Waals surface area contributed by atoms with Crippen molar-refractivity contribution in [2.45, 2.75) is 51.7 Å². The summed E-state index contributed by atoms with van der Waals surface area (Å²) in [6, 6.07) is 6.11. The van der Waals surface area contributed by atoms with E-state index in [9.17, 15) is 4.79 Å². The first-order chi connectivity index (χ1) is 12.3. The van der Waals surface area contributed by atoms with E-state index in [1.807, 2.05) is 39.0 Å². The highest BCUT2D eigenvalue weighted by Gasteiger charge is 2.26. The van der Waals surface area contributed by atoms with E-state index < -0.39 is 5.60 Å². The number of hydrogen-bond acceptors (Lipinski definition) is 4. The van der Waals surface area contributed by atoms with Crippen molar-refractivity contribution in [3.63, 3.8) is 0 Å². The minimum Gasteiger partial charge on any atom is -0.444 e. The Morgan fingerprint density at radius 2 is 2.12 bits per heavy atom. The van der Waals surface area contributed by atoms with Crippen LogP contribution in [0.3, 0.4) is 0 Å². The lowest BCUT2D eigenvalue weighted by atomic mass is 10.1. The van der Waals surface area contributed by atoms with Crippen LogP contribution in [0.15, 0.2) is 18.2 Å². The predicted octanol–water partition coefficient (Wildman–Crippen LogP) is 3.75. The fraction of sp³-hybridized carbons (Fsp3) is 0.579. The average Bonchev–Trinajstić information content (AvgIpc) is 2.95. The van der Waals surface area contributed by atoms with Crippen LogP contribution in [-0.2, 0) is 11.2 Å². The molecular weight excluding hydrogens is 352 g/mol. The normalized spacial score (nSPS) is 16.2. The van der Waals surface area contributed by atoms with Crippen molar-refractivity contribution in [2.75, 3.05) is 19.6 Å². The Bertz CT molecular complexity index is 760. The molecule has 1 aromatic carbocycles. The maximum Gasteiger partial charge on any atom is 0.410 e. The highest BCUT2D eigenvalue weighted by molar-refractivity contribution is 6.31. The Hall–Kier alpha value is -1.79. The van der Waals surface area contributed by atoms with Crippen LogP contribution in [0, 0.1) is 0 Å². The third kappa shape index (κ3) is 5.11. The second-order valence-corrected chi connectivity index (χ2v) is 8.23. The van der Waals surface area contributed by atoms with Crippen molar-refractivity contribution in [3.8, 4) is 0 Å². The molecule has 7 heteroatoms. The zero-order chi connectivity index (χ0) is 18.7. The number of ether oxygens (including phenoxy) is 1. The maximum atomic E-state index is 12.1. The number of nitrogens with one attached hydrogen (secondary N) is 2. The van der Waals surface area contributed by atoms with Crippen molar-refractivity contribution in [1.82, 2.24) is 20.2 Å². The van der Waals surface area contributed by atoms with Gasteiger partial charge in [0.2, 0.25) is 0 Å². The van der Waals surface area contributed by atoms with E-state index in [4.69, 9.17) is 16.3 Å². The Morgan fingerprint density at radius 1 is 1.38 bits per heavy atom. The summed E-state index contributed by atoms with van der Waals surface area (Å²) in [5.74, 6) is 0.959. The van der Waals surface area contributed by atoms with Gasteiger partial charge in [-0.25, -0.2) is 9.78 Å². The predicted molar refractivity (Wildman–Crippen MR) is 104 cm³/mol. The number of H-pyrrole nitrogens is 1. The van der Waals surface area contributed by atoms with E-state index in [2.05, 4.69) is 15.3 Å². The topological polar surface area (TPSA) is 70.2 Å². The molecule has 3 rings (SSSR count). The van der Waals surface area contributed by atoms with Crippen molar-refractivity contribution >= 4 is 28.7 Å². The van der Waals surface area contributed by atoms with E-state index in [0.29, 0.717) is 11.1 Å². The molecule has 2 heterocycles. The van der Waals surface area contributed by atoms with Gasteiger partial charge in [0.15, 0.2) is 0 Å². The lowest BCUT2D eigenvalue weighted by Gasteiger charge is -2.33. The molecule has 1 amide bonds. The Balaban J connectivity index is 1.41. The number of likely N-dealkylation sites (tertiary alicyclic amines) is 1. The molecule has 1 aromatic heterocycles. The summed E-state index contributed by atoms with van der Waals surface area (Å²) < 4.78 is 5.43. The lowest BCUT2D eigenvalue weighted by Crippen LogP contribution is -2.46. The SMILES string of the molecule is CC(C)(C)OC(=O)N1CCC(NCCc2nc3cc(Cl)ccc3[nH]2)CC1. The maximum absolute atomic E-state index is 12.1. The molecule has 1 aliphatic rings. The summed E-state index contributed by atoms with van der Waals surface area (Å²) in [4.78, 5) is 21.8. The van der Waals surface area contributed by atoms with Gasteiger partial charge in [-0.05, 0) is 51.8 Å². The summed E-state index contributed by atoms with van der Waals surface area (Å²) in [5.41, 5.74) is 1.47. The van der Waals surface area contributed by atoms with E-state index in [1.54, 1.807) is 4.90 Å². The average molecular weight is 379 g/mol. The van der Waals surface area contributed by atoms with Crippen molar-refractivity contribution in [3.05, 3.63) is 29.0 Å². The summed E-state index contributed by atoms with van der Waals surface area (Å²) in [6.45, 7) is 8.00. The van der Waals surface area contributed by atoms with Crippen LogP contribution in [0.2, 0.25) is 5.02 Å². The molecule has 1 saturated heterocycles. The lowest BCUT2D eigenvalue weighted by molar-refractivity contribution is 0.0198.